The Hall–Kier alpha value is -2.65. The SMILES string of the molecule is CN1CCN(C[C@H](O)CN2CCc3ccccc3C2)C(=O)c2ccc(OC3CCN(C4COC4)CC3)cc21. The first kappa shape index (κ1) is 25.6. The summed E-state index contributed by atoms with van der Waals surface area (Å²) in [5, 5.41) is 10.9. The van der Waals surface area contributed by atoms with E-state index in [0.29, 0.717) is 37.8 Å². The number of hydrogen-bond acceptors (Lipinski definition) is 7. The summed E-state index contributed by atoms with van der Waals surface area (Å²) < 4.78 is 11.7. The summed E-state index contributed by atoms with van der Waals surface area (Å²) in [5.41, 5.74) is 4.32. The normalized spacial score (nSPS) is 22.4. The highest BCUT2D eigenvalue weighted by atomic mass is 16.5. The van der Waals surface area contributed by atoms with Gasteiger partial charge in [0.05, 0.1) is 36.6 Å². The van der Waals surface area contributed by atoms with Crippen LogP contribution in [-0.2, 0) is 17.7 Å². The lowest BCUT2D eigenvalue weighted by Gasteiger charge is -2.41. The topological polar surface area (TPSA) is 68.7 Å². The Labute approximate surface area is 225 Å². The second-order valence-electron chi connectivity index (χ2n) is 11.3. The Kier molecular flexibility index (Phi) is 7.56. The molecule has 1 atom stereocenters. The summed E-state index contributed by atoms with van der Waals surface area (Å²) in [5.74, 6) is 0.808. The molecular formula is C30H40N4O4. The zero-order valence-corrected chi connectivity index (χ0v) is 22.4. The van der Waals surface area contributed by atoms with Gasteiger partial charge in [-0.05, 0) is 42.5 Å². The van der Waals surface area contributed by atoms with Crippen LogP contribution in [-0.4, -0.2) is 110 Å². The molecule has 6 rings (SSSR count). The number of aliphatic hydroxyl groups excluding tert-OH is 1. The number of β-amino-alcohol motifs (C(OH)–C–C–N with tert-alkyl or cyclic N) is 1. The highest BCUT2D eigenvalue weighted by Crippen LogP contribution is 2.31. The second-order valence-corrected chi connectivity index (χ2v) is 11.3. The maximum absolute atomic E-state index is 13.5. The molecule has 8 nitrogen and oxygen atoms in total. The van der Waals surface area contributed by atoms with Crippen LogP contribution in [0.15, 0.2) is 42.5 Å². The molecule has 0 saturated carbocycles. The van der Waals surface area contributed by atoms with Gasteiger partial charge in [-0.3, -0.25) is 14.6 Å². The van der Waals surface area contributed by atoms with Crippen molar-refractivity contribution < 1.29 is 19.4 Å². The molecule has 0 aromatic heterocycles. The second kappa shape index (κ2) is 11.2. The summed E-state index contributed by atoms with van der Waals surface area (Å²) in [6.45, 7) is 7.81. The highest BCUT2D eigenvalue weighted by molar-refractivity contribution is 6.00. The lowest BCUT2D eigenvalue weighted by molar-refractivity contribution is -0.0778. The van der Waals surface area contributed by atoms with Gasteiger partial charge in [0.25, 0.3) is 5.91 Å². The average molecular weight is 521 g/mol. The van der Waals surface area contributed by atoms with Crippen LogP contribution in [0.5, 0.6) is 5.75 Å². The van der Waals surface area contributed by atoms with Gasteiger partial charge in [-0.2, -0.15) is 0 Å². The quantitative estimate of drug-likeness (QED) is 0.601. The molecule has 2 aromatic carbocycles. The van der Waals surface area contributed by atoms with E-state index in [-0.39, 0.29) is 12.0 Å². The zero-order valence-electron chi connectivity index (χ0n) is 22.4. The van der Waals surface area contributed by atoms with Crippen LogP contribution < -0.4 is 9.64 Å². The number of amides is 1. The smallest absolute Gasteiger partial charge is 0.256 e. The number of piperidine rings is 1. The van der Waals surface area contributed by atoms with Gasteiger partial charge in [0.2, 0.25) is 0 Å². The van der Waals surface area contributed by atoms with E-state index < -0.39 is 6.10 Å². The fourth-order valence-electron chi connectivity index (χ4n) is 6.22. The Morgan fingerprint density at radius 2 is 1.79 bits per heavy atom. The van der Waals surface area contributed by atoms with Crippen LogP contribution in [0.1, 0.15) is 34.3 Å². The van der Waals surface area contributed by atoms with E-state index in [4.69, 9.17) is 9.47 Å². The van der Waals surface area contributed by atoms with Gasteiger partial charge in [-0.1, -0.05) is 24.3 Å². The van der Waals surface area contributed by atoms with Crippen LogP contribution in [0.3, 0.4) is 0 Å². The summed E-state index contributed by atoms with van der Waals surface area (Å²) in [7, 11) is 2.03. The van der Waals surface area contributed by atoms with E-state index in [1.165, 1.54) is 11.1 Å². The summed E-state index contributed by atoms with van der Waals surface area (Å²) in [6.07, 6.45) is 2.64. The molecule has 0 unspecified atom stereocenters. The van der Waals surface area contributed by atoms with Crippen molar-refractivity contribution >= 4 is 11.6 Å². The molecular weight excluding hydrogens is 480 g/mol. The molecule has 2 aromatic rings. The Balaban J connectivity index is 1.06. The maximum Gasteiger partial charge on any atom is 0.256 e. The molecule has 38 heavy (non-hydrogen) atoms. The standard InChI is InChI=1S/C30H40N4O4/c1-31-14-15-34(19-25(35)18-32-11-8-22-4-2-3-5-23(22)17-32)30(36)28-7-6-27(16-29(28)31)38-26-9-12-33(13-10-26)24-20-37-21-24/h2-7,16,24-26,35H,8-15,17-21H2,1H3/t25-/m1/s1. The molecule has 4 aliphatic heterocycles. The number of hydrogen-bond donors (Lipinski definition) is 1. The number of ether oxygens (including phenoxy) is 2. The predicted molar refractivity (Wildman–Crippen MR) is 147 cm³/mol. The first-order valence-electron chi connectivity index (χ1n) is 14.1. The number of likely N-dealkylation sites (N-methyl/N-ethyl adjacent to an activating group) is 1. The Morgan fingerprint density at radius 1 is 1.00 bits per heavy atom. The molecule has 4 heterocycles. The van der Waals surface area contributed by atoms with Crippen LogP contribution in [0, 0.1) is 0 Å². The molecule has 0 radical (unpaired) electrons. The van der Waals surface area contributed by atoms with Crippen molar-refractivity contribution in [3.8, 4) is 5.75 Å². The van der Waals surface area contributed by atoms with E-state index in [9.17, 15) is 9.90 Å². The number of rotatable bonds is 7. The maximum atomic E-state index is 13.5. The monoisotopic (exact) mass is 520 g/mol. The van der Waals surface area contributed by atoms with Crippen molar-refractivity contribution in [1.29, 1.82) is 0 Å². The lowest BCUT2D eigenvalue weighted by atomic mass is 10.00. The van der Waals surface area contributed by atoms with E-state index in [1.54, 1.807) is 0 Å². The van der Waals surface area contributed by atoms with Gasteiger partial charge in [0.15, 0.2) is 0 Å². The van der Waals surface area contributed by atoms with Gasteiger partial charge >= 0.3 is 0 Å². The molecule has 0 bridgehead atoms. The van der Waals surface area contributed by atoms with E-state index in [2.05, 4.69) is 39.0 Å². The molecule has 204 valence electrons. The third kappa shape index (κ3) is 5.54. The van der Waals surface area contributed by atoms with Gasteiger partial charge < -0.3 is 24.4 Å². The predicted octanol–water partition coefficient (Wildman–Crippen LogP) is 2.24. The van der Waals surface area contributed by atoms with Gasteiger partial charge in [0.1, 0.15) is 11.9 Å². The van der Waals surface area contributed by atoms with Crippen LogP contribution in [0.25, 0.3) is 0 Å². The molecule has 8 heteroatoms. The van der Waals surface area contributed by atoms with Crippen molar-refractivity contribution in [3.05, 3.63) is 59.2 Å². The summed E-state index contributed by atoms with van der Waals surface area (Å²) in [4.78, 5) is 22.3. The van der Waals surface area contributed by atoms with Gasteiger partial charge in [-0.25, -0.2) is 0 Å². The highest BCUT2D eigenvalue weighted by Gasteiger charge is 2.31. The fraction of sp³-hybridized carbons (Fsp3) is 0.567. The number of carbonyl (C=O) groups is 1. The van der Waals surface area contributed by atoms with Crippen LogP contribution in [0.2, 0.25) is 0 Å². The number of benzene rings is 2. The Morgan fingerprint density at radius 3 is 2.55 bits per heavy atom. The first-order chi connectivity index (χ1) is 18.5. The zero-order chi connectivity index (χ0) is 26.1. The minimum absolute atomic E-state index is 0.0186. The first-order valence-corrected chi connectivity index (χ1v) is 14.1. The summed E-state index contributed by atoms with van der Waals surface area (Å²) >= 11 is 0. The van der Waals surface area contributed by atoms with Crippen molar-refractivity contribution in [2.75, 3.05) is 71.0 Å². The average Bonchev–Trinajstić information content (AvgIpc) is 3.01. The van der Waals surface area contributed by atoms with Crippen LogP contribution in [0.4, 0.5) is 5.69 Å². The molecule has 1 amide bonds. The molecule has 0 aliphatic carbocycles. The number of aliphatic hydroxyl groups is 1. The fourth-order valence-corrected chi connectivity index (χ4v) is 6.22. The van der Waals surface area contributed by atoms with Gasteiger partial charge in [-0.15, -0.1) is 0 Å². The number of fused-ring (bicyclic) bond motifs is 2. The van der Waals surface area contributed by atoms with Crippen molar-refractivity contribution in [1.82, 2.24) is 14.7 Å². The molecule has 2 fully saturated rings. The third-order valence-electron chi connectivity index (χ3n) is 8.63. The lowest BCUT2D eigenvalue weighted by Crippen LogP contribution is -2.52. The molecule has 0 spiro atoms. The third-order valence-corrected chi connectivity index (χ3v) is 8.63. The number of anilines is 1. The Bertz CT molecular complexity index is 1130. The van der Waals surface area contributed by atoms with Crippen molar-refractivity contribution in [2.24, 2.45) is 0 Å². The molecule has 1 N–H and O–H groups in total. The largest absolute Gasteiger partial charge is 0.490 e. The van der Waals surface area contributed by atoms with Crippen LogP contribution >= 0.6 is 0 Å². The van der Waals surface area contributed by atoms with E-state index >= 15 is 0 Å². The van der Waals surface area contributed by atoms with E-state index in [0.717, 1.165) is 70.1 Å². The minimum atomic E-state index is -0.587. The van der Waals surface area contributed by atoms with E-state index in [1.807, 2.05) is 30.1 Å². The minimum Gasteiger partial charge on any atom is -0.490 e. The van der Waals surface area contributed by atoms with Gasteiger partial charge in [0, 0.05) is 65.5 Å². The van der Waals surface area contributed by atoms with Crippen molar-refractivity contribution in [3.63, 3.8) is 0 Å². The molecule has 2 saturated heterocycles. The number of likely N-dealkylation sites (tertiary alicyclic amines) is 1. The molecule has 4 aliphatic rings. The number of nitrogens with zero attached hydrogens (tertiary/aromatic N) is 4. The summed E-state index contributed by atoms with van der Waals surface area (Å²) in [6, 6.07) is 15.0. The van der Waals surface area contributed by atoms with Crippen molar-refractivity contribution in [2.45, 2.75) is 44.1 Å². The number of carbonyl (C=O) groups excluding carboxylic acids is 1.